The van der Waals surface area contributed by atoms with Crippen LogP contribution < -0.4 is 5.32 Å². The summed E-state index contributed by atoms with van der Waals surface area (Å²) in [6.45, 7) is 4.55. The van der Waals surface area contributed by atoms with E-state index >= 15 is 0 Å². The van der Waals surface area contributed by atoms with Crippen molar-refractivity contribution in [2.75, 3.05) is 25.5 Å². The predicted molar refractivity (Wildman–Crippen MR) is 69.3 cm³/mol. The molecule has 0 aliphatic rings. The highest BCUT2D eigenvalue weighted by atomic mass is 16.3. The quantitative estimate of drug-likeness (QED) is 0.842. The maximum Gasteiger partial charge on any atom is 0.321 e. The minimum Gasteiger partial charge on any atom is -0.395 e. The number of aliphatic hydroxyl groups excluding tert-OH is 1. The summed E-state index contributed by atoms with van der Waals surface area (Å²) in [5.41, 5.74) is 2.01. The normalized spacial score (nSPS) is 10.4. The Morgan fingerprint density at radius 2 is 1.94 bits per heavy atom. The van der Waals surface area contributed by atoms with Gasteiger partial charge in [0.05, 0.1) is 6.61 Å². The average molecular weight is 236 g/mol. The lowest BCUT2D eigenvalue weighted by molar-refractivity contribution is 0.202. The van der Waals surface area contributed by atoms with E-state index in [9.17, 15) is 4.79 Å². The number of anilines is 1. The third kappa shape index (κ3) is 4.07. The van der Waals surface area contributed by atoms with E-state index in [1.165, 1.54) is 10.5 Å². The van der Waals surface area contributed by atoms with Gasteiger partial charge in [0.1, 0.15) is 0 Å². The number of nitrogens with zero attached hydrogens (tertiary/aromatic N) is 1. The number of benzene rings is 1. The molecule has 0 bridgehead atoms. The Hall–Kier alpha value is -1.55. The van der Waals surface area contributed by atoms with E-state index in [1.807, 2.05) is 24.3 Å². The molecule has 0 radical (unpaired) electrons. The Balaban J connectivity index is 2.60. The molecule has 1 aromatic carbocycles. The van der Waals surface area contributed by atoms with Gasteiger partial charge >= 0.3 is 6.03 Å². The lowest BCUT2D eigenvalue weighted by atomic mass is 10.0. The Bertz CT molecular complexity index is 360. The molecule has 0 heterocycles. The maximum atomic E-state index is 11.6. The highest BCUT2D eigenvalue weighted by Gasteiger charge is 2.07. The largest absolute Gasteiger partial charge is 0.395 e. The van der Waals surface area contributed by atoms with Crippen LogP contribution in [0, 0.1) is 0 Å². The van der Waals surface area contributed by atoms with Gasteiger partial charge < -0.3 is 15.3 Å². The molecule has 2 amide bonds. The number of rotatable bonds is 4. The van der Waals surface area contributed by atoms with Crippen molar-refractivity contribution in [3.05, 3.63) is 29.8 Å². The molecular formula is C13H20N2O2. The van der Waals surface area contributed by atoms with Crippen LogP contribution in [0.4, 0.5) is 10.5 Å². The fourth-order valence-electron chi connectivity index (χ4n) is 1.42. The van der Waals surface area contributed by atoms with Gasteiger partial charge in [-0.2, -0.15) is 0 Å². The first kappa shape index (κ1) is 13.5. The summed E-state index contributed by atoms with van der Waals surface area (Å²) in [6.07, 6.45) is 0. The molecule has 1 aromatic rings. The number of urea groups is 1. The van der Waals surface area contributed by atoms with Crippen molar-refractivity contribution >= 4 is 11.7 Å². The Morgan fingerprint density at radius 3 is 2.41 bits per heavy atom. The topological polar surface area (TPSA) is 52.6 Å². The smallest absolute Gasteiger partial charge is 0.321 e. The van der Waals surface area contributed by atoms with Crippen molar-refractivity contribution in [3.8, 4) is 0 Å². The van der Waals surface area contributed by atoms with Crippen molar-refractivity contribution in [2.24, 2.45) is 0 Å². The van der Waals surface area contributed by atoms with E-state index in [0.717, 1.165) is 5.69 Å². The third-order valence-corrected chi connectivity index (χ3v) is 2.61. The standard InChI is InChI=1S/C13H20N2O2/c1-10(2)11-4-6-12(7-5-11)14-13(17)15(3)8-9-16/h4-7,10,16H,8-9H2,1-3H3,(H,14,17). The van der Waals surface area contributed by atoms with Crippen LogP contribution in [0.5, 0.6) is 0 Å². The third-order valence-electron chi connectivity index (χ3n) is 2.61. The fourth-order valence-corrected chi connectivity index (χ4v) is 1.42. The molecule has 94 valence electrons. The molecule has 0 spiro atoms. The average Bonchev–Trinajstić information content (AvgIpc) is 2.30. The zero-order chi connectivity index (χ0) is 12.8. The number of hydrogen-bond acceptors (Lipinski definition) is 2. The molecule has 0 aromatic heterocycles. The number of aliphatic hydroxyl groups is 1. The number of nitrogens with one attached hydrogen (secondary N) is 1. The SMILES string of the molecule is CC(C)c1ccc(NC(=O)N(C)CCO)cc1. The Kier molecular flexibility index (Phi) is 4.97. The van der Waals surface area contributed by atoms with Crippen molar-refractivity contribution in [1.29, 1.82) is 0 Å². The molecule has 0 unspecified atom stereocenters. The van der Waals surface area contributed by atoms with Crippen molar-refractivity contribution in [1.82, 2.24) is 4.90 Å². The number of amides is 2. The van der Waals surface area contributed by atoms with Crippen molar-refractivity contribution < 1.29 is 9.90 Å². The summed E-state index contributed by atoms with van der Waals surface area (Å²) in [4.78, 5) is 13.1. The molecule has 0 saturated heterocycles. The minimum absolute atomic E-state index is 0.0315. The second-order valence-corrected chi connectivity index (χ2v) is 4.35. The minimum atomic E-state index is -0.212. The van der Waals surface area contributed by atoms with Gasteiger partial charge in [0.2, 0.25) is 0 Å². The Labute approximate surface area is 102 Å². The highest BCUT2D eigenvalue weighted by molar-refractivity contribution is 5.89. The molecule has 4 heteroatoms. The molecule has 0 aliphatic carbocycles. The molecule has 1 rings (SSSR count). The van der Waals surface area contributed by atoms with E-state index in [4.69, 9.17) is 5.11 Å². The van der Waals surface area contributed by atoms with E-state index in [0.29, 0.717) is 12.5 Å². The number of carbonyl (C=O) groups is 1. The monoisotopic (exact) mass is 236 g/mol. The summed E-state index contributed by atoms with van der Waals surface area (Å²) in [5.74, 6) is 0.483. The number of likely N-dealkylation sites (N-methyl/N-ethyl adjacent to an activating group) is 1. The zero-order valence-electron chi connectivity index (χ0n) is 10.6. The number of carbonyl (C=O) groups excluding carboxylic acids is 1. The van der Waals surface area contributed by atoms with Crippen LogP contribution in [0.3, 0.4) is 0 Å². The van der Waals surface area contributed by atoms with Crippen LogP contribution in [0.2, 0.25) is 0 Å². The fraction of sp³-hybridized carbons (Fsp3) is 0.462. The number of hydrogen-bond donors (Lipinski definition) is 2. The van der Waals surface area contributed by atoms with Crippen LogP contribution in [0.1, 0.15) is 25.3 Å². The second kappa shape index (κ2) is 6.25. The van der Waals surface area contributed by atoms with Crippen molar-refractivity contribution in [2.45, 2.75) is 19.8 Å². The first-order valence-electron chi connectivity index (χ1n) is 5.77. The van der Waals surface area contributed by atoms with E-state index < -0.39 is 0 Å². The molecule has 0 saturated carbocycles. The lowest BCUT2D eigenvalue weighted by Crippen LogP contribution is -2.33. The summed E-state index contributed by atoms with van der Waals surface area (Å²) in [7, 11) is 1.65. The van der Waals surface area contributed by atoms with Gasteiger partial charge in [-0.15, -0.1) is 0 Å². The Morgan fingerprint density at radius 1 is 1.35 bits per heavy atom. The van der Waals surface area contributed by atoms with E-state index in [1.54, 1.807) is 7.05 Å². The highest BCUT2D eigenvalue weighted by Crippen LogP contribution is 2.17. The van der Waals surface area contributed by atoms with Crippen LogP contribution in [0.25, 0.3) is 0 Å². The van der Waals surface area contributed by atoms with Gasteiger partial charge in [-0.3, -0.25) is 0 Å². The summed E-state index contributed by atoms with van der Waals surface area (Å²) in [6, 6.07) is 7.58. The van der Waals surface area contributed by atoms with Gasteiger partial charge in [0, 0.05) is 19.3 Å². The van der Waals surface area contributed by atoms with E-state index in [-0.39, 0.29) is 12.6 Å². The van der Waals surface area contributed by atoms with Gasteiger partial charge in [-0.25, -0.2) is 4.79 Å². The molecule has 0 fully saturated rings. The predicted octanol–water partition coefficient (Wildman–Crippen LogP) is 2.27. The van der Waals surface area contributed by atoms with Gasteiger partial charge in [0.15, 0.2) is 0 Å². The van der Waals surface area contributed by atoms with Crippen LogP contribution in [-0.4, -0.2) is 36.2 Å². The summed E-state index contributed by atoms with van der Waals surface area (Å²) in [5, 5.41) is 11.5. The molecule has 2 N–H and O–H groups in total. The molecule has 0 aliphatic heterocycles. The van der Waals surface area contributed by atoms with E-state index in [2.05, 4.69) is 19.2 Å². The first-order valence-corrected chi connectivity index (χ1v) is 5.77. The van der Waals surface area contributed by atoms with Gasteiger partial charge in [0.25, 0.3) is 0 Å². The zero-order valence-corrected chi connectivity index (χ0v) is 10.6. The molecule has 4 nitrogen and oxygen atoms in total. The summed E-state index contributed by atoms with van der Waals surface area (Å²) >= 11 is 0. The first-order chi connectivity index (χ1) is 8.04. The van der Waals surface area contributed by atoms with Crippen molar-refractivity contribution in [3.63, 3.8) is 0 Å². The maximum absolute atomic E-state index is 11.6. The van der Waals surface area contributed by atoms with Crippen LogP contribution >= 0.6 is 0 Å². The second-order valence-electron chi connectivity index (χ2n) is 4.35. The van der Waals surface area contributed by atoms with Gasteiger partial charge in [-0.1, -0.05) is 26.0 Å². The molecule has 0 atom stereocenters. The lowest BCUT2D eigenvalue weighted by Gasteiger charge is -2.16. The molecule has 17 heavy (non-hydrogen) atoms. The van der Waals surface area contributed by atoms with Crippen LogP contribution in [-0.2, 0) is 0 Å². The van der Waals surface area contributed by atoms with Crippen LogP contribution in [0.15, 0.2) is 24.3 Å². The van der Waals surface area contributed by atoms with Gasteiger partial charge in [-0.05, 0) is 23.6 Å². The molecular weight excluding hydrogens is 216 g/mol. The summed E-state index contributed by atoms with van der Waals surface area (Å²) < 4.78 is 0.